The number of benzene rings is 6. The molecule has 6 aromatic carbocycles. The Kier molecular flexibility index (Phi) is 22.5. The number of aryl methyl sites for hydroxylation is 2. The quantitative estimate of drug-likeness (QED) is 0.0209. The minimum atomic E-state index is -1.54. The van der Waals surface area contributed by atoms with E-state index in [-0.39, 0.29) is 52.1 Å². The van der Waals surface area contributed by atoms with E-state index in [1.54, 1.807) is 65.8 Å². The highest BCUT2D eigenvalue weighted by atomic mass is 35.5. The molecule has 27 heteroatoms. The van der Waals surface area contributed by atoms with Crippen LogP contribution in [0.2, 0.25) is 0 Å². The predicted molar refractivity (Wildman–Crippen MR) is 339 cm³/mol. The van der Waals surface area contributed by atoms with Crippen LogP contribution in [0, 0.1) is 25.7 Å². The van der Waals surface area contributed by atoms with Crippen LogP contribution in [0.25, 0.3) is 44.2 Å². The molecule has 8 aromatic rings. The van der Waals surface area contributed by atoms with Gasteiger partial charge in [-0.1, -0.05) is 92.4 Å². The van der Waals surface area contributed by atoms with Crippen molar-refractivity contribution in [3.05, 3.63) is 165 Å². The SMILES string of the molecule is C.Cc1c(O[C@@H]2OC(C)(C)[C@H](CO)[C@@H](OC(N)=O)[C@H]2O)ccc2c(O)c(NC(=O)Nc3cccc(-c4ccccc4)c3)c(=O)oc12.Cc1c(O[C@@H]2OC(C)(C)[C@H](CO)[C@@H](OC(N)=O)[C@H]2O)ccc2c(O)c(NCl)c(=O)oc12.O=C=Nc1cccc(-c2ccccc2)c1. The fourth-order valence-corrected chi connectivity index (χ4v) is 10.6. The number of fused-ring (bicyclic) bond motifs is 2. The second-order valence-corrected chi connectivity index (χ2v) is 22.1. The normalized spacial score (nSPS) is 20.2. The van der Waals surface area contributed by atoms with Crippen LogP contribution in [0.1, 0.15) is 46.2 Å². The number of nitrogens with one attached hydrogen (secondary N) is 3. The van der Waals surface area contributed by atoms with Crippen molar-refractivity contribution in [3.63, 3.8) is 0 Å². The number of aliphatic hydroxyl groups excluding tert-OH is 4. The first-order chi connectivity index (χ1) is 43.3. The standard InChI is InChI=1S/C32H33N3O10.C19H23ClN2O9.C13H9NO.CH4/c1-16-22(42-29-25(38)27(44-30(33)40)21(15-36)32(2,3)45-29)13-12-20-24(37)23(28(39)43-26(16)20)35-31(41)34-19-11-7-10-18(14-19)17-8-5-4-6-9-17;1-7-10(5-4-8-12(24)11(22-20)16(26)29-14(7)8)28-17-13(25)15(30-18(21)27)9(6-23)19(2,3)31-17;15-10-14-13-8-4-7-12(9-13)11-5-2-1-3-6-11;/h4-14,21,25,27,29,36-38H,15H2,1-3H3,(H2,33,40)(H2,34,35,41);4-5,9,13,15,17,22-25H,6H2,1-3H3,(H2,21,27);1-9H;1H4/t21-,25-,27-,29-;9-,13-,15-,17-;;/m11../s1. The largest absolute Gasteiger partial charge is 0.505 e. The Morgan fingerprint density at radius 2 is 1.03 bits per heavy atom. The van der Waals surface area contributed by atoms with Crippen molar-refractivity contribution in [2.45, 2.75) is 97.2 Å². The molecule has 4 heterocycles. The molecule has 0 radical (unpaired) electrons. The van der Waals surface area contributed by atoms with Gasteiger partial charge in [0.2, 0.25) is 18.7 Å². The number of nitrogens with two attached hydrogens (primary N) is 2. The van der Waals surface area contributed by atoms with Gasteiger partial charge in [0, 0.05) is 28.6 Å². The summed E-state index contributed by atoms with van der Waals surface area (Å²) in [4.78, 5) is 76.4. The van der Waals surface area contributed by atoms with Crippen molar-refractivity contribution < 1.29 is 87.1 Å². The van der Waals surface area contributed by atoms with E-state index >= 15 is 0 Å². The predicted octanol–water partition coefficient (Wildman–Crippen LogP) is 9.34. The number of aliphatic hydroxyl groups is 4. The zero-order valence-electron chi connectivity index (χ0n) is 49.6. The number of aliphatic imine (C=N–C) groups is 1. The smallest absolute Gasteiger partial charge is 0.404 e. The van der Waals surface area contributed by atoms with Crippen LogP contribution >= 0.6 is 11.8 Å². The molecule has 8 atom stereocenters. The van der Waals surface area contributed by atoms with E-state index in [4.69, 9.17) is 60.5 Å². The molecule has 26 nitrogen and oxygen atoms in total. The Bertz CT molecular complexity index is 4130. The average Bonchev–Trinajstić information content (AvgIpc) is 0.780. The maximum atomic E-state index is 12.9. The molecule has 2 aliphatic rings. The molecule has 0 saturated carbocycles. The van der Waals surface area contributed by atoms with Crippen LogP contribution in [0.15, 0.2) is 157 Å². The van der Waals surface area contributed by atoms with E-state index in [1.165, 1.54) is 30.3 Å². The number of anilines is 3. The number of primary amides is 2. The van der Waals surface area contributed by atoms with Gasteiger partial charge in [0.05, 0.1) is 52.7 Å². The number of rotatable bonds is 14. The first kappa shape index (κ1) is 69.5. The summed E-state index contributed by atoms with van der Waals surface area (Å²) in [7, 11) is 0. The van der Waals surface area contributed by atoms with Gasteiger partial charge in [-0.2, -0.15) is 4.99 Å². The van der Waals surface area contributed by atoms with E-state index in [0.29, 0.717) is 16.9 Å². The van der Waals surface area contributed by atoms with Crippen LogP contribution in [0.3, 0.4) is 0 Å². The second kappa shape index (κ2) is 29.7. The highest BCUT2D eigenvalue weighted by molar-refractivity contribution is 6.24. The van der Waals surface area contributed by atoms with Gasteiger partial charge in [-0.3, -0.25) is 10.2 Å². The molecule has 2 aliphatic heterocycles. The maximum absolute atomic E-state index is 12.9. The zero-order chi connectivity index (χ0) is 66.1. The van der Waals surface area contributed by atoms with E-state index in [0.717, 1.165) is 22.3 Å². The molecule has 4 amide bonds. The molecule has 2 saturated heterocycles. The first-order valence-corrected chi connectivity index (χ1v) is 28.3. The molecule has 92 heavy (non-hydrogen) atoms. The number of nitrogens with zero attached hydrogens (tertiary/aromatic N) is 1. The third-order valence-electron chi connectivity index (χ3n) is 15.2. The van der Waals surface area contributed by atoms with E-state index < -0.39 is 120 Å². The number of carbonyl (C=O) groups is 3. The van der Waals surface area contributed by atoms with Crippen LogP contribution in [0.5, 0.6) is 23.0 Å². The number of isocyanates is 1. The average molecular weight is 1290 g/mol. The molecule has 0 unspecified atom stereocenters. The molecule has 0 aliphatic carbocycles. The molecule has 13 N–H and O–H groups in total. The summed E-state index contributed by atoms with van der Waals surface area (Å²) >= 11 is 5.45. The lowest BCUT2D eigenvalue weighted by atomic mass is 9.81. The number of hydrogen-bond acceptors (Lipinski definition) is 22. The van der Waals surface area contributed by atoms with Crippen molar-refractivity contribution in [1.29, 1.82) is 0 Å². The lowest BCUT2D eigenvalue weighted by molar-refractivity contribution is -0.291. The summed E-state index contributed by atoms with van der Waals surface area (Å²) in [6.07, 6.45) is -8.91. The molecule has 2 fully saturated rings. The molecule has 0 spiro atoms. The fraction of sp³-hybridized carbons (Fsp3) is 0.292. The van der Waals surface area contributed by atoms with Gasteiger partial charge in [-0.05, 0) is 112 Å². The number of aromatic hydroxyl groups is 2. The zero-order valence-corrected chi connectivity index (χ0v) is 50.4. The molecule has 0 bridgehead atoms. The highest BCUT2D eigenvalue weighted by Crippen LogP contribution is 2.42. The summed E-state index contributed by atoms with van der Waals surface area (Å²) < 4.78 is 44.3. The number of hydrogen-bond donors (Lipinski definition) is 11. The number of urea groups is 1. The molecular formula is C65H69ClN6O20. The van der Waals surface area contributed by atoms with Crippen LogP contribution in [0.4, 0.5) is 37.1 Å². The number of carbonyl (C=O) groups excluding carboxylic acids is 4. The van der Waals surface area contributed by atoms with Crippen LogP contribution < -0.4 is 47.7 Å². The van der Waals surface area contributed by atoms with E-state index in [1.807, 2.05) is 84.9 Å². The van der Waals surface area contributed by atoms with Gasteiger partial charge >= 0.3 is 29.5 Å². The van der Waals surface area contributed by atoms with Crippen molar-refractivity contribution in [2.24, 2.45) is 28.3 Å². The minimum Gasteiger partial charge on any atom is -0.505 e. The molecular weight excluding hydrogens is 1220 g/mol. The molecule has 10 rings (SSSR count). The van der Waals surface area contributed by atoms with Gasteiger partial charge in [-0.25, -0.2) is 28.8 Å². The van der Waals surface area contributed by atoms with Crippen LogP contribution in [-0.2, 0) is 23.7 Å². The summed E-state index contributed by atoms with van der Waals surface area (Å²) in [5.74, 6) is -2.23. The van der Waals surface area contributed by atoms with Crippen molar-refractivity contribution in [1.82, 2.24) is 0 Å². The lowest BCUT2D eigenvalue weighted by Gasteiger charge is -2.47. The molecule has 486 valence electrons. The summed E-state index contributed by atoms with van der Waals surface area (Å²) in [5, 5.41) is 67.7. The lowest BCUT2D eigenvalue weighted by Crippen LogP contribution is -2.62. The highest BCUT2D eigenvalue weighted by Gasteiger charge is 2.54. The second-order valence-electron chi connectivity index (χ2n) is 21.9. The topological polar surface area (TPSA) is 406 Å². The van der Waals surface area contributed by atoms with Crippen LogP contribution in [-0.4, -0.2) is 116 Å². The third-order valence-corrected chi connectivity index (χ3v) is 15.4. The maximum Gasteiger partial charge on any atom is 0.404 e. The Balaban J connectivity index is 0.000000219. The van der Waals surface area contributed by atoms with Crippen molar-refractivity contribution in [2.75, 3.05) is 28.7 Å². The minimum absolute atomic E-state index is 0. The summed E-state index contributed by atoms with van der Waals surface area (Å²) in [6, 6.07) is 39.1. The van der Waals surface area contributed by atoms with Gasteiger partial charge in [0.25, 0.3) is 0 Å². The Labute approximate surface area is 530 Å². The van der Waals surface area contributed by atoms with Crippen molar-refractivity contribution >= 4 is 80.8 Å². The van der Waals surface area contributed by atoms with Gasteiger partial charge < -0.3 is 84.7 Å². The molecule has 2 aromatic heterocycles. The summed E-state index contributed by atoms with van der Waals surface area (Å²) in [5.41, 5.74) is 11.1. The van der Waals surface area contributed by atoms with Gasteiger partial charge in [-0.15, -0.1) is 0 Å². The Morgan fingerprint density at radius 3 is 1.47 bits per heavy atom. The third kappa shape index (κ3) is 15.6. The Morgan fingerprint density at radius 1 is 0.609 bits per heavy atom. The van der Waals surface area contributed by atoms with Gasteiger partial charge in [0.15, 0.2) is 35.1 Å². The first-order valence-electron chi connectivity index (χ1n) is 27.9. The monoisotopic (exact) mass is 1290 g/mol. The van der Waals surface area contributed by atoms with Crippen molar-refractivity contribution in [3.8, 4) is 45.3 Å². The van der Waals surface area contributed by atoms with E-state index in [9.17, 15) is 59.4 Å². The fourth-order valence-electron chi connectivity index (χ4n) is 10.5. The number of ether oxygens (including phenoxy) is 6. The summed E-state index contributed by atoms with van der Waals surface area (Å²) in [6.45, 7) is 8.74. The Hall–Kier alpha value is -10.0. The number of halogens is 1. The van der Waals surface area contributed by atoms with Gasteiger partial charge in [0.1, 0.15) is 34.9 Å². The number of amides is 4. The van der Waals surface area contributed by atoms with E-state index in [2.05, 4.69) is 20.5 Å².